The lowest BCUT2D eigenvalue weighted by molar-refractivity contribution is -0.159. The van der Waals surface area contributed by atoms with Gasteiger partial charge in [0.2, 0.25) is 0 Å². The summed E-state index contributed by atoms with van der Waals surface area (Å²) < 4.78 is 52.6. The van der Waals surface area contributed by atoms with Crippen molar-refractivity contribution in [1.82, 2.24) is 9.78 Å². The summed E-state index contributed by atoms with van der Waals surface area (Å²) in [6, 6.07) is 4.04. The molecular formula is C17H14F4N4O6. The molecule has 10 nitrogen and oxygen atoms in total. The van der Waals surface area contributed by atoms with Gasteiger partial charge in [0.05, 0.1) is 36.1 Å². The molecule has 0 unspecified atom stereocenters. The molecule has 2 aromatic rings. The van der Waals surface area contributed by atoms with Gasteiger partial charge in [0, 0.05) is 5.69 Å². The first-order valence-corrected chi connectivity index (χ1v) is 7.96. The normalized spacial score (nSPS) is 12.5. The van der Waals surface area contributed by atoms with Crippen LogP contribution >= 0.6 is 0 Å². The molecule has 0 radical (unpaired) electrons. The van der Waals surface area contributed by atoms with Crippen molar-refractivity contribution >= 4 is 23.5 Å². The van der Waals surface area contributed by atoms with Crippen molar-refractivity contribution in [1.29, 1.82) is 5.26 Å². The van der Waals surface area contributed by atoms with Gasteiger partial charge in [-0.2, -0.15) is 23.5 Å². The monoisotopic (exact) mass is 446 g/mol. The fraction of sp³-hybridized carbons (Fsp3) is 0.235. The molecule has 0 aliphatic heterocycles. The topological polar surface area (TPSA) is 166 Å². The summed E-state index contributed by atoms with van der Waals surface area (Å²) in [5.74, 6) is -5.33. The number of carboxylic acids is 2. The molecule has 0 aliphatic carbocycles. The van der Waals surface area contributed by atoms with Gasteiger partial charge in [-0.15, -0.1) is 0 Å². The maximum atomic E-state index is 12.9. The van der Waals surface area contributed by atoms with Crippen molar-refractivity contribution in [3.8, 4) is 6.07 Å². The number of aliphatic hydroxyl groups is 1. The second kappa shape index (κ2) is 9.67. The van der Waals surface area contributed by atoms with Crippen LogP contribution in [-0.4, -0.2) is 48.5 Å². The van der Waals surface area contributed by atoms with Crippen LogP contribution in [0, 0.1) is 17.1 Å². The van der Waals surface area contributed by atoms with Crippen molar-refractivity contribution in [2.75, 3.05) is 5.32 Å². The molecule has 1 heterocycles. The van der Waals surface area contributed by atoms with Crippen LogP contribution in [0.4, 0.5) is 23.2 Å². The van der Waals surface area contributed by atoms with Gasteiger partial charge in [0.1, 0.15) is 0 Å². The maximum Gasteiger partial charge on any atom is 0.417 e. The summed E-state index contributed by atoms with van der Waals surface area (Å²) in [7, 11) is 0. The van der Waals surface area contributed by atoms with Gasteiger partial charge in [-0.1, -0.05) is 0 Å². The maximum absolute atomic E-state index is 12.9. The molecule has 1 aromatic heterocycles. The number of carbonyl (C=O) groups excluding carboxylic acids is 1. The van der Waals surface area contributed by atoms with Crippen molar-refractivity contribution < 1.29 is 47.3 Å². The minimum absolute atomic E-state index is 0.247. The predicted molar refractivity (Wildman–Crippen MR) is 92.9 cm³/mol. The number of nitrogens with zero attached hydrogens (tertiary/aromatic N) is 3. The van der Waals surface area contributed by atoms with E-state index in [0.717, 1.165) is 36.1 Å². The lowest BCUT2D eigenvalue weighted by atomic mass is 10.0. The van der Waals surface area contributed by atoms with E-state index in [0.29, 0.717) is 6.07 Å². The van der Waals surface area contributed by atoms with E-state index in [1.54, 1.807) is 0 Å². The first kappa shape index (κ1) is 25.0. The highest BCUT2D eigenvalue weighted by Gasteiger charge is 2.35. The molecule has 0 fully saturated rings. The predicted octanol–water partition coefficient (Wildman–Crippen LogP) is 1.46. The molecule has 2 rings (SSSR count). The fourth-order valence-electron chi connectivity index (χ4n) is 2.03. The molecule has 31 heavy (non-hydrogen) atoms. The van der Waals surface area contributed by atoms with Gasteiger partial charge in [0.15, 0.2) is 11.4 Å². The highest BCUT2D eigenvalue weighted by molar-refractivity contribution is 6.27. The Labute approximate surface area is 170 Å². The molecule has 1 aromatic carbocycles. The number of nitrogens with one attached hydrogen (secondary N) is 1. The van der Waals surface area contributed by atoms with E-state index < -0.39 is 53.1 Å². The number of anilines is 1. The smallest absolute Gasteiger partial charge is 0.417 e. The largest absolute Gasteiger partial charge is 0.473 e. The van der Waals surface area contributed by atoms with E-state index in [1.165, 1.54) is 6.07 Å². The SMILES string of the molecule is C[C@](O)(Cn1cc(F)cn1)C(=O)Nc1ccc(C#N)c(C(F)(F)F)c1.O=C(O)C(=O)O. The number of nitriles is 1. The highest BCUT2D eigenvalue weighted by atomic mass is 19.4. The zero-order valence-electron chi connectivity index (χ0n) is 15.5. The van der Waals surface area contributed by atoms with E-state index >= 15 is 0 Å². The third-order valence-corrected chi connectivity index (χ3v) is 3.45. The van der Waals surface area contributed by atoms with Gasteiger partial charge in [-0.05, 0) is 25.1 Å². The summed E-state index contributed by atoms with van der Waals surface area (Å²) in [5, 5.41) is 39.4. The van der Waals surface area contributed by atoms with Gasteiger partial charge < -0.3 is 20.6 Å². The Morgan fingerprint density at radius 2 is 1.81 bits per heavy atom. The van der Waals surface area contributed by atoms with Crippen molar-refractivity contribution in [3.05, 3.63) is 47.5 Å². The van der Waals surface area contributed by atoms with Gasteiger partial charge >= 0.3 is 18.1 Å². The van der Waals surface area contributed by atoms with Crippen LogP contribution in [0.15, 0.2) is 30.6 Å². The van der Waals surface area contributed by atoms with Gasteiger partial charge in [-0.3, -0.25) is 9.48 Å². The van der Waals surface area contributed by atoms with Crippen LogP contribution in [0.2, 0.25) is 0 Å². The van der Waals surface area contributed by atoms with Gasteiger partial charge in [0.25, 0.3) is 5.91 Å². The number of aliphatic carboxylic acids is 2. The summed E-state index contributed by atoms with van der Waals surface area (Å²) in [6.07, 6.45) is -2.95. The molecule has 1 atom stereocenters. The molecular weight excluding hydrogens is 432 g/mol. The van der Waals surface area contributed by atoms with Crippen LogP contribution in [-0.2, 0) is 27.1 Å². The number of hydrogen-bond donors (Lipinski definition) is 4. The second-order valence-electron chi connectivity index (χ2n) is 6.06. The highest BCUT2D eigenvalue weighted by Crippen LogP contribution is 2.33. The standard InChI is InChI=1S/C15H12F4N4O2.C2H2O4/c1-14(25,8-23-7-10(16)6-21-23)13(24)22-11-3-2-9(5-20)12(4-11)15(17,18)19;3-1(4)2(5)6/h2-4,6-7,25H,8H2,1H3,(H,22,24);(H,3,4)(H,5,6)/t14-;/m0./s1. The van der Waals surface area contributed by atoms with E-state index in [4.69, 9.17) is 25.1 Å². The molecule has 0 saturated carbocycles. The Hall–Kier alpha value is -3.99. The molecule has 1 amide bonds. The number of alkyl halides is 3. The lowest BCUT2D eigenvalue weighted by Crippen LogP contribution is -2.43. The Morgan fingerprint density at radius 1 is 1.23 bits per heavy atom. The number of amides is 1. The fourth-order valence-corrected chi connectivity index (χ4v) is 2.03. The summed E-state index contributed by atoms with van der Waals surface area (Å²) in [5.41, 5.74) is -4.11. The Kier molecular flexibility index (Phi) is 7.82. The zero-order valence-corrected chi connectivity index (χ0v) is 15.5. The summed E-state index contributed by atoms with van der Waals surface area (Å²) >= 11 is 0. The van der Waals surface area contributed by atoms with E-state index in [1.807, 2.05) is 0 Å². The Balaban J connectivity index is 0.000000703. The number of benzene rings is 1. The Bertz CT molecular complexity index is 1010. The quantitative estimate of drug-likeness (QED) is 0.405. The van der Waals surface area contributed by atoms with E-state index in [2.05, 4.69) is 10.4 Å². The molecule has 0 spiro atoms. The van der Waals surface area contributed by atoms with Crippen LogP contribution in [0.1, 0.15) is 18.1 Å². The summed E-state index contributed by atoms with van der Waals surface area (Å²) in [4.78, 5) is 30.3. The molecule has 4 N–H and O–H groups in total. The second-order valence-corrected chi connectivity index (χ2v) is 6.06. The van der Waals surface area contributed by atoms with Crippen molar-refractivity contribution in [2.45, 2.75) is 25.2 Å². The molecule has 0 aliphatic rings. The first-order valence-electron chi connectivity index (χ1n) is 7.96. The number of aromatic nitrogens is 2. The van der Waals surface area contributed by atoms with Crippen molar-refractivity contribution in [2.24, 2.45) is 0 Å². The number of rotatable bonds is 4. The number of carboxylic acid groups (broad SMARTS) is 2. The number of halogens is 4. The molecule has 0 saturated heterocycles. The molecule has 0 bridgehead atoms. The van der Waals surface area contributed by atoms with Gasteiger partial charge in [-0.25, -0.2) is 14.0 Å². The molecule has 14 heteroatoms. The third-order valence-electron chi connectivity index (χ3n) is 3.45. The number of hydrogen-bond acceptors (Lipinski definition) is 6. The third kappa shape index (κ3) is 7.40. The Morgan fingerprint density at radius 3 is 2.23 bits per heavy atom. The lowest BCUT2D eigenvalue weighted by Gasteiger charge is -2.22. The van der Waals surface area contributed by atoms with Crippen LogP contribution in [0.5, 0.6) is 0 Å². The van der Waals surface area contributed by atoms with Crippen LogP contribution < -0.4 is 5.32 Å². The van der Waals surface area contributed by atoms with E-state index in [9.17, 15) is 27.5 Å². The number of carbonyl (C=O) groups is 3. The van der Waals surface area contributed by atoms with Crippen molar-refractivity contribution in [3.63, 3.8) is 0 Å². The molecule has 166 valence electrons. The van der Waals surface area contributed by atoms with Crippen LogP contribution in [0.25, 0.3) is 0 Å². The average molecular weight is 446 g/mol. The minimum Gasteiger partial charge on any atom is -0.473 e. The summed E-state index contributed by atoms with van der Waals surface area (Å²) in [6.45, 7) is 0.696. The zero-order chi connectivity index (χ0) is 24.0. The minimum atomic E-state index is -4.78. The first-order chi connectivity index (χ1) is 14.2. The van der Waals surface area contributed by atoms with E-state index in [-0.39, 0.29) is 5.69 Å². The van der Waals surface area contributed by atoms with Crippen LogP contribution in [0.3, 0.4) is 0 Å². The average Bonchev–Trinajstić information content (AvgIpc) is 3.05.